The first kappa shape index (κ1) is 15.3. The lowest BCUT2D eigenvalue weighted by molar-refractivity contribution is 0.0427. The zero-order chi connectivity index (χ0) is 13.6. The van der Waals surface area contributed by atoms with Crippen molar-refractivity contribution >= 4 is 0 Å². The molecule has 2 heteroatoms. The van der Waals surface area contributed by atoms with Gasteiger partial charge in [-0.25, -0.2) is 0 Å². The highest BCUT2D eigenvalue weighted by atomic mass is 16.5. The Kier molecular flexibility index (Phi) is 6.15. The SMILES string of the molecule is CCCCC(CC)(CNC1CC1)CC1CCOCC1. The largest absolute Gasteiger partial charge is 0.381 e. The van der Waals surface area contributed by atoms with E-state index in [0.717, 1.165) is 25.2 Å². The van der Waals surface area contributed by atoms with Crippen LogP contribution in [0.1, 0.15) is 71.6 Å². The van der Waals surface area contributed by atoms with Gasteiger partial charge in [-0.15, -0.1) is 0 Å². The lowest BCUT2D eigenvalue weighted by atomic mass is 9.71. The highest BCUT2D eigenvalue weighted by Gasteiger charge is 2.33. The van der Waals surface area contributed by atoms with E-state index < -0.39 is 0 Å². The fraction of sp³-hybridized carbons (Fsp3) is 1.00. The molecule has 2 aliphatic rings. The minimum atomic E-state index is 0.556. The van der Waals surface area contributed by atoms with Crippen molar-refractivity contribution in [2.24, 2.45) is 11.3 Å². The Morgan fingerprint density at radius 2 is 1.84 bits per heavy atom. The first-order chi connectivity index (χ1) is 9.28. The third-order valence-corrected chi connectivity index (χ3v) is 5.22. The van der Waals surface area contributed by atoms with E-state index in [9.17, 15) is 0 Å². The van der Waals surface area contributed by atoms with Crippen molar-refractivity contribution in [2.45, 2.75) is 77.7 Å². The summed E-state index contributed by atoms with van der Waals surface area (Å²) in [6, 6.07) is 0.849. The van der Waals surface area contributed by atoms with Gasteiger partial charge in [0.2, 0.25) is 0 Å². The van der Waals surface area contributed by atoms with E-state index in [1.807, 2.05) is 0 Å². The van der Waals surface area contributed by atoms with Gasteiger partial charge in [-0.05, 0) is 56.3 Å². The molecule has 1 aliphatic carbocycles. The Morgan fingerprint density at radius 1 is 1.11 bits per heavy atom. The molecule has 1 atom stereocenters. The summed E-state index contributed by atoms with van der Waals surface area (Å²) in [6.45, 7) is 7.97. The van der Waals surface area contributed by atoms with Crippen LogP contribution in [0.5, 0.6) is 0 Å². The second kappa shape index (κ2) is 7.64. The molecule has 2 rings (SSSR count). The minimum Gasteiger partial charge on any atom is -0.381 e. The molecule has 0 aromatic rings. The summed E-state index contributed by atoms with van der Waals surface area (Å²) in [4.78, 5) is 0. The van der Waals surface area contributed by atoms with Gasteiger partial charge in [-0.3, -0.25) is 0 Å². The molecule has 1 heterocycles. The molecule has 1 unspecified atom stereocenters. The van der Waals surface area contributed by atoms with Crippen LogP contribution in [0.15, 0.2) is 0 Å². The van der Waals surface area contributed by atoms with Gasteiger partial charge >= 0.3 is 0 Å². The summed E-state index contributed by atoms with van der Waals surface area (Å²) in [5.74, 6) is 0.909. The summed E-state index contributed by atoms with van der Waals surface area (Å²) >= 11 is 0. The number of ether oxygens (including phenoxy) is 1. The van der Waals surface area contributed by atoms with Gasteiger partial charge in [-0.1, -0.05) is 26.7 Å². The Hall–Kier alpha value is -0.0800. The van der Waals surface area contributed by atoms with Crippen molar-refractivity contribution < 1.29 is 4.74 Å². The maximum atomic E-state index is 5.52. The van der Waals surface area contributed by atoms with Gasteiger partial charge in [0.15, 0.2) is 0 Å². The van der Waals surface area contributed by atoms with Gasteiger partial charge in [0.1, 0.15) is 0 Å². The van der Waals surface area contributed by atoms with Crippen LogP contribution in [0.3, 0.4) is 0 Å². The van der Waals surface area contributed by atoms with Crippen LogP contribution >= 0.6 is 0 Å². The van der Waals surface area contributed by atoms with Crippen molar-refractivity contribution in [3.05, 3.63) is 0 Å². The first-order valence-electron chi connectivity index (χ1n) is 8.59. The maximum Gasteiger partial charge on any atom is 0.0468 e. The topological polar surface area (TPSA) is 21.3 Å². The molecular formula is C17H33NO. The number of nitrogens with one attached hydrogen (secondary N) is 1. The zero-order valence-corrected chi connectivity index (χ0v) is 13.0. The second-order valence-electron chi connectivity index (χ2n) is 6.87. The summed E-state index contributed by atoms with van der Waals surface area (Å²) < 4.78 is 5.52. The van der Waals surface area contributed by atoms with Crippen LogP contribution in [0, 0.1) is 11.3 Å². The molecule has 1 aliphatic heterocycles. The highest BCUT2D eigenvalue weighted by molar-refractivity contribution is 4.89. The molecule has 0 aromatic carbocycles. The van der Waals surface area contributed by atoms with E-state index in [4.69, 9.17) is 4.74 Å². The van der Waals surface area contributed by atoms with Gasteiger partial charge in [-0.2, -0.15) is 0 Å². The second-order valence-corrected chi connectivity index (χ2v) is 6.87. The van der Waals surface area contributed by atoms with Crippen molar-refractivity contribution in [1.82, 2.24) is 5.32 Å². The van der Waals surface area contributed by atoms with Crippen molar-refractivity contribution in [3.8, 4) is 0 Å². The first-order valence-corrected chi connectivity index (χ1v) is 8.59. The molecule has 1 N–H and O–H groups in total. The van der Waals surface area contributed by atoms with Crippen molar-refractivity contribution in [3.63, 3.8) is 0 Å². The predicted molar refractivity (Wildman–Crippen MR) is 81.4 cm³/mol. The lowest BCUT2D eigenvalue weighted by Gasteiger charge is -2.38. The van der Waals surface area contributed by atoms with Crippen molar-refractivity contribution in [2.75, 3.05) is 19.8 Å². The standard InChI is InChI=1S/C17H33NO/c1-3-5-10-17(4-2,14-18-16-6-7-16)13-15-8-11-19-12-9-15/h15-16,18H,3-14H2,1-2H3. The Balaban J connectivity index is 1.88. The summed E-state index contributed by atoms with van der Waals surface area (Å²) in [5.41, 5.74) is 0.556. The minimum absolute atomic E-state index is 0.556. The molecule has 112 valence electrons. The average Bonchev–Trinajstić information content (AvgIpc) is 3.27. The van der Waals surface area contributed by atoms with E-state index in [2.05, 4.69) is 19.2 Å². The Morgan fingerprint density at radius 3 is 2.42 bits per heavy atom. The molecule has 0 bridgehead atoms. The monoisotopic (exact) mass is 267 g/mol. The van der Waals surface area contributed by atoms with E-state index in [-0.39, 0.29) is 0 Å². The summed E-state index contributed by atoms with van der Waals surface area (Å²) in [7, 11) is 0. The van der Waals surface area contributed by atoms with Crippen LogP contribution in [-0.2, 0) is 4.74 Å². The molecule has 2 nitrogen and oxygen atoms in total. The van der Waals surface area contributed by atoms with Crippen LogP contribution in [0.25, 0.3) is 0 Å². The van der Waals surface area contributed by atoms with Gasteiger partial charge in [0.05, 0.1) is 0 Å². The molecule has 0 aromatic heterocycles. The zero-order valence-electron chi connectivity index (χ0n) is 13.0. The normalized spacial score (nSPS) is 24.3. The maximum absolute atomic E-state index is 5.52. The molecule has 1 saturated carbocycles. The fourth-order valence-electron chi connectivity index (χ4n) is 3.47. The summed E-state index contributed by atoms with van der Waals surface area (Å²) in [5, 5.41) is 3.82. The number of rotatable bonds is 9. The van der Waals surface area contributed by atoms with E-state index in [1.54, 1.807) is 0 Å². The molecule has 1 saturated heterocycles. The molecule has 0 radical (unpaired) electrons. The lowest BCUT2D eigenvalue weighted by Crippen LogP contribution is -2.37. The van der Waals surface area contributed by atoms with Crippen molar-refractivity contribution in [1.29, 1.82) is 0 Å². The van der Waals surface area contributed by atoms with Crippen LogP contribution in [0.4, 0.5) is 0 Å². The highest BCUT2D eigenvalue weighted by Crippen LogP contribution is 2.39. The van der Waals surface area contributed by atoms with E-state index >= 15 is 0 Å². The average molecular weight is 267 g/mol. The van der Waals surface area contributed by atoms with Gasteiger partial charge < -0.3 is 10.1 Å². The van der Waals surface area contributed by atoms with Crippen LogP contribution in [0.2, 0.25) is 0 Å². The van der Waals surface area contributed by atoms with E-state index in [0.29, 0.717) is 5.41 Å². The van der Waals surface area contributed by atoms with Gasteiger partial charge in [0, 0.05) is 25.8 Å². The molecule has 2 fully saturated rings. The fourth-order valence-corrected chi connectivity index (χ4v) is 3.47. The third-order valence-electron chi connectivity index (χ3n) is 5.22. The number of hydrogen-bond acceptors (Lipinski definition) is 2. The molecule has 0 amide bonds. The Labute approximate surface area is 119 Å². The number of hydrogen-bond donors (Lipinski definition) is 1. The smallest absolute Gasteiger partial charge is 0.0468 e. The van der Waals surface area contributed by atoms with Gasteiger partial charge in [0.25, 0.3) is 0 Å². The molecule has 0 spiro atoms. The number of unbranched alkanes of at least 4 members (excludes halogenated alkanes) is 1. The van der Waals surface area contributed by atoms with Crippen LogP contribution in [-0.4, -0.2) is 25.8 Å². The predicted octanol–water partition coefficient (Wildman–Crippen LogP) is 4.14. The van der Waals surface area contributed by atoms with Crippen LogP contribution < -0.4 is 5.32 Å². The third kappa shape index (κ3) is 5.07. The van der Waals surface area contributed by atoms with E-state index in [1.165, 1.54) is 64.3 Å². The summed E-state index contributed by atoms with van der Waals surface area (Å²) in [6.07, 6.45) is 12.3. The molecular weight excluding hydrogens is 234 g/mol. The molecule has 19 heavy (non-hydrogen) atoms. The Bertz CT molecular complexity index is 246. The quantitative estimate of drug-likeness (QED) is 0.678.